The Balaban J connectivity index is 0.00000256. The Morgan fingerprint density at radius 1 is 1.41 bits per heavy atom. The average Bonchev–Trinajstić information content (AvgIpc) is 2.28. The molecule has 1 unspecified atom stereocenters. The van der Waals surface area contributed by atoms with Crippen LogP contribution in [-0.2, 0) is 4.74 Å². The zero-order valence-corrected chi connectivity index (χ0v) is 11.2. The van der Waals surface area contributed by atoms with E-state index < -0.39 is 0 Å². The SMILES string of the molecule is COCC(C)N(C)C(=O)c1ccc(N)cc1.Cl. The van der Waals surface area contributed by atoms with Gasteiger partial charge in [-0.2, -0.15) is 0 Å². The van der Waals surface area contributed by atoms with Crippen LogP contribution in [0.25, 0.3) is 0 Å². The van der Waals surface area contributed by atoms with Crippen LogP contribution in [0, 0.1) is 0 Å². The zero-order valence-electron chi connectivity index (χ0n) is 10.3. The first-order chi connectivity index (χ1) is 7.56. The number of carbonyl (C=O) groups is 1. The molecular weight excluding hydrogens is 240 g/mol. The molecule has 0 aliphatic heterocycles. The van der Waals surface area contributed by atoms with Crippen LogP contribution >= 0.6 is 12.4 Å². The number of nitrogen functional groups attached to an aromatic ring is 1. The lowest BCUT2D eigenvalue weighted by molar-refractivity contribution is 0.0633. The van der Waals surface area contributed by atoms with E-state index in [0.29, 0.717) is 17.9 Å². The van der Waals surface area contributed by atoms with Gasteiger partial charge in [-0.25, -0.2) is 0 Å². The minimum atomic E-state index is -0.0236. The molecule has 4 nitrogen and oxygen atoms in total. The van der Waals surface area contributed by atoms with Gasteiger partial charge in [0, 0.05) is 25.4 Å². The first-order valence-electron chi connectivity index (χ1n) is 5.18. The lowest BCUT2D eigenvalue weighted by Gasteiger charge is -2.24. The van der Waals surface area contributed by atoms with Gasteiger partial charge in [0.15, 0.2) is 0 Å². The summed E-state index contributed by atoms with van der Waals surface area (Å²) in [6.07, 6.45) is 0. The fourth-order valence-electron chi connectivity index (χ4n) is 1.38. The van der Waals surface area contributed by atoms with Crippen molar-refractivity contribution in [2.75, 3.05) is 26.5 Å². The number of anilines is 1. The van der Waals surface area contributed by atoms with E-state index >= 15 is 0 Å². The number of hydrogen-bond donors (Lipinski definition) is 1. The number of likely N-dealkylation sites (N-methyl/N-ethyl adjacent to an activating group) is 1. The molecule has 0 spiro atoms. The molecule has 0 heterocycles. The second-order valence-electron chi connectivity index (χ2n) is 3.84. The Kier molecular flexibility index (Phi) is 6.61. The minimum Gasteiger partial charge on any atom is -0.399 e. The molecule has 1 aromatic carbocycles. The molecular formula is C12H19ClN2O2. The number of carbonyl (C=O) groups excluding carboxylic acids is 1. The highest BCUT2D eigenvalue weighted by molar-refractivity contribution is 5.94. The molecule has 0 radical (unpaired) electrons. The maximum Gasteiger partial charge on any atom is 0.253 e. The molecule has 0 aromatic heterocycles. The number of halogens is 1. The van der Waals surface area contributed by atoms with Gasteiger partial charge in [0.25, 0.3) is 5.91 Å². The van der Waals surface area contributed by atoms with E-state index in [1.807, 2.05) is 6.92 Å². The largest absolute Gasteiger partial charge is 0.399 e. The molecule has 1 rings (SSSR count). The van der Waals surface area contributed by atoms with Crippen molar-refractivity contribution >= 4 is 24.0 Å². The van der Waals surface area contributed by atoms with Crippen molar-refractivity contribution in [3.05, 3.63) is 29.8 Å². The molecule has 2 N–H and O–H groups in total. The van der Waals surface area contributed by atoms with Gasteiger partial charge in [-0.3, -0.25) is 4.79 Å². The summed E-state index contributed by atoms with van der Waals surface area (Å²) in [5, 5.41) is 0. The summed E-state index contributed by atoms with van der Waals surface area (Å²) < 4.78 is 5.02. The summed E-state index contributed by atoms with van der Waals surface area (Å²) in [4.78, 5) is 13.7. The van der Waals surface area contributed by atoms with E-state index in [9.17, 15) is 4.79 Å². The zero-order chi connectivity index (χ0) is 12.1. The van der Waals surface area contributed by atoms with Crippen LogP contribution in [0.3, 0.4) is 0 Å². The molecule has 0 bridgehead atoms. The third kappa shape index (κ3) is 4.24. The number of benzene rings is 1. The predicted octanol–water partition coefficient (Wildman–Crippen LogP) is 1.80. The summed E-state index contributed by atoms with van der Waals surface area (Å²) in [6, 6.07) is 6.96. The van der Waals surface area contributed by atoms with Gasteiger partial charge in [-0.15, -0.1) is 12.4 Å². The number of rotatable bonds is 4. The third-order valence-corrected chi connectivity index (χ3v) is 2.55. The van der Waals surface area contributed by atoms with Crippen LogP contribution in [0.2, 0.25) is 0 Å². The highest BCUT2D eigenvalue weighted by Gasteiger charge is 2.16. The summed E-state index contributed by atoms with van der Waals surface area (Å²) >= 11 is 0. The van der Waals surface area contributed by atoms with E-state index in [1.54, 1.807) is 43.3 Å². The van der Waals surface area contributed by atoms with Crippen molar-refractivity contribution in [2.45, 2.75) is 13.0 Å². The number of nitrogens with two attached hydrogens (primary N) is 1. The fourth-order valence-corrected chi connectivity index (χ4v) is 1.38. The normalized spacial score (nSPS) is 11.5. The van der Waals surface area contributed by atoms with Crippen molar-refractivity contribution in [3.8, 4) is 0 Å². The van der Waals surface area contributed by atoms with Crippen LogP contribution in [0.5, 0.6) is 0 Å². The topological polar surface area (TPSA) is 55.6 Å². The summed E-state index contributed by atoms with van der Waals surface area (Å²) in [5.74, 6) is -0.0236. The smallest absolute Gasteiger partial charge is 0.253 e. The van der Waals surface area contributed by atoms with E-state index in [2.05, 4.69) is 0 Å². The Bertz CT molecular complexity index is 354. The maximum absolute atomic E-state index is 12.0. The standard InChI is InChI=1S/C12H18N2O2.ClH/c1-9(8-16-3)14(2)12(15)10-4-6-11(13)7-5-10;/h4-7,9H,8,13H2,1-3H3;1H. The molecule has 0 aliphatic rings. The van der Waals surface area contributed by atoms with Gasteiger partial charge in [0.2, 0.25) is 0 Å². The number of ether oxygens (including phenoxy) is 1. The average molecular weight is 259 g/mol. The number of methoxy groups -OCH3 is 1. The van der Waals surface area contributed by atoms with Gasteiger partial charge >= 0.3 is 0 Å². The van der Waals surface area contributed by atoms with Crippen molar-refractivity contribution in [2.24, 2.45) is 0 Å². The van der Waals surface area contributed by atoms with Crippen LogP contribution in [-0.4, -0.2) is 37.6 Å². The van der Waals surface area contributed by atoms with Crippen LogP contribution < -0.4 is 5.73 Å². The Morgan fingerprint density at radius 2 is 1.94 bits per heavy atom. The second-order valence-corrected chi connectivity index (χ2v) is 3.84. The molecule has 1 aromatic rings. The van der Waals surface area contributed by atoms with E-state index in [1.165, 1.54) is 0 Å². The van der Waals surface area contributed by atoms with Crippen molar-refractivity contribution in [1.29, 1.82) is 0 Å². The fraction of sp³-hybridized carbons (Fsp3) is 0.417. The van der Waals surface area contributed by atoms with Gasteiger partial charge < -0.3 is 15.4 Å². The molecule has 1 atom stereocenters. The summed E-state index contributed by atoms with van der Waals surface area (Å²) in [7, 11) is 3.39. The van der Waals surface area contributed by atoms with Gasteiger partial charge in [0.1, 0.15) is 0 Å². The number of nitrogens with zero attached hydrogens (tertiary/aromatic N) is 1. The van der Waals surface area contributed by atoms with Crippen molar-refractivity contribution in [1.82, 2.24) is 4.90 Å². The van der Waals surface area contributed by atoms with Gasteiger partial charge in [0.05, 0.1) is 12.6 Å². The number of hydrogen-bond acceptors (Lipinski definition) is 3. The Hall–Kier alpha value is -1.26. The van der Waals surface area contributed by atoms with Gasteiger partial charge in [-0.05, 0) is 31.2 Å². The summed E-state index contributed by atoms with van der Waals surface area (Å²) in [5.41, 5.74) is 6.86. The van der Waals surface area contributed by atoms with Crippen LogP contribution in [0.15, 0.2) is 24.3 Å². The number of amides is 1. The first kappa shape index (κ1) is 15.7. The first-order valence-corrected chi connectivity index (χ1v) is 5.18. The minimum absolute atomic E-state index is 0. The second kappa shape index (κ2) is 7.14. The molecule has 0 aliphatic carbocycles. The van der Waals surface area contributed by atoms with Crippen LogP contribution in [0.4, 0.5) is 5.69 Å². The molecule has 0 saturated heterocycles. The molecule has 1 amide bonds. The molecule has 0 fully saturated rings. The highest BCUT2D eigenvalue weighted by atomic mass is 35.5. The quantitative estimate of drug-likeness (QED) is 0.838. The third-order valence-electron chi connectivity index (χ3n) is 2.55. The van der Waals surface area contributed by atoms with Crippen molar-refractivity contribution < 1.29 is 9.53 Å². The Labute approximate surface area is 108 Å². The lowest BCUT2D eigenvalue weighted by Crippen LogP contribution is -2.37. The lowest BCUT2D eigenvalue weighted by atomic mass is 10.1. The van der Waals surface area contributed by atoms with Crippen molar-refractivity contribution in [3.63, 3.8) is 0 Å². The highest BCUT2D eigenvalue weighted by Crippen LogP contribution is 2.09. The van der Waals surface area contributed by atoms with E-state index in [4.69, 9.17) is 10.5 Å². The molecule has 5 heteroatoms. The van der Waals surface area contributed by atoms with Gasteiger partial charge in [-0.1, -0.05) is 0 Å². The van der Waals surface area contributed by atoms with E-state index in [-0.39, 0.29) is 24.4 Å². The monoisotopic (exact) mass is 258 g/mol. The predicted molar refractivity (Wildman–Crippen MR) is 71.5 cm³/mol. The van der Waals surface area contributed by atoms with E-state index in [0.717, 1.165) is 0 Å². The summed E-state index contributed by atoms with van der Waals surface area (Å²) in [6.45, 7) is 2.47. The molecule has 96 valence electrons. The molecule has 17 heavy (non-hydrogen) atoms. The maximum atomic E-state index is 12.0. The Morgan fingerprint density at radius 3 is 2.41 bits per heavy atom. The molecule has 0 saturated carbocycles. The van der Waals surface area contributed by atoms with Crippen LogP contribution in [0.1, 0.15) is 17.3 Å².